The van der Waals surface area contributed by atoms with Gasteiger partial charge in [0.1, 0.15) is 0 Å². The maximum absolute atomic E-state index is 9.61. The monoisotopic (exact) mass is 288 g/mol. The van der Waals surface area contributed by atoms with Gasteiger partial charge in [-0.25, -0.2) is 0 Å². The summed E-state index contributed by atoms with van der Waals surface area (Å²) in [4.78, 5) is 5.23. The van der Waals surface area contributed by atoms with Gasteiger partial charge in [0.25, 0.3) is 0 Å². The van der Waals surface area contributed by atoms with Gasteiger partial charge in [-0.15, -0.1) is 0 Å². The van der Waals surface area contributed by atoms with Gasteiger partial charge in [0.05, 0.1) is 6.10 Å². The van der Waals surface area contributed by atoms with Gasteiger partial charge in [-0.2, -0.15) is 0 Å². The van der Waals surface area contributed by atoms with Gasteiger partial charge in [0.15, 0.2) is 0 Å². The average molecular weight is 288 g/mol. The van der Waals surface area contributed by atoms with Crippen molar-refractivity contribution in [1.29, 1.82) is 0 Å². The van der Waals surface area contributed by atoms with Crippen LogP contribution in [0.2, 0.25) is 0 Å². The smallest absolute Gasteiger partial charge is 0.0564 e. The maximum Gasteiger partial charge on any atom is 0.0564 e. The van der Waals surface area contributed by atoms with E-state index in [-0.39, 0.29) is 6.10 Å². The zero-order valence-corrected chi connectivity index (χ0v) is 13.0. The summed E-state index contributed by atoms with van der Waals surface area (Å²) >= 11 is 0. The van der Waals surface area contributed by atoms with E-state index >= 15 is 0 Å². The lowest BCUT2D eigenvalue weighted by molar-refractivity contribution is 0.0388. The third-order valence-electron chi connectivity index (χ3n) is 5.13. The molecule has 0 unspecified atom stereocenters. The molecular weight excluding hydrogens is 260 g/mol. The molecule has 1 N–H and O–H groups in total. The first kappa shape index (κ1) is 15.0. The first-order valence-electron chi connectivity index (χ1n) is 8.49. The van der Waals surface area contributed by atoms with Crippen molar-refractivity contribution in [3.63, 3.8) is 0 Å². The Labute approximate surface area is 128 Å². The minimum atomic E-state index is -0.0489. The SMILES string of the molecule is OC1CCN(C2CCN(CCc3ccccc3)CC2)CC1. The number of nitrogens with zero attached hydrogens (tertiary/aromatic N) is 2. The highest BCUT2D eigenvalue weighted by Gasteiger charge is 2.27. The van der Waals surface area contributed by atoms with Crippen LogP contribution in [0.3, 0.4) is 0 Å². The van der Waals surface area contributed by atoms with Crippen LogP contribution in [-0.2, 0) is 6.42 Å². The number of aliphatic hydroxyl groups excluding tert-OH is 1. The van der Waals surface area contributed by atoms with Crippen LogP contribution in [-0.4, -0.2) is 59.8 Å². The molecule has 2 heterocycles. The van der Waals surface area contributed by atoms with Gasteiger partial charge in [0, 0.05) is 25.7 Å². The average Bonchev–Trinajstić information content (AvgIpc) is 2.55. The molecule has 2 fully saturated rings. The Bertz CT molecular complexity index is 406. The predicted molar refractivity (Wildman–Crippen MR) is 86.4 cm³/mol. The minimum absolute atomic E-state index is 0.0489. The lowest BCUT2D eigenvalue weighted by Crippen LogP contribution is -2.48. The summed E-state index contributed by atoms with van der Waals surface area (Å²) in [7, 11) is 0. The number of rotatable bonds is 4. The molecule has 0 radical (unpaired) electrons. The van der Waals surface area contributed by atoms with Crippen molar-refractivity contribution in [3.05, 3.63) is 35.9 Å². The molecule has 3 rings (SSSR count). The van der Waals surface area contributed by atoms with Crippen LogP contribution in [0.4, 0.5) is 0 Å². The molecule has 0 bridgehead atoms. The van der Waals surface area contributed by atoms with E-state index in [1.54, 1.807) is 0 Å². The quantitative estimate of drug-likeness (QED) is 0.919. The number of aliphatic hydroxyl groups is 1. The molecule has 0 amide bonds. The van der Waals surface area contributed by atoms with Gasteiger partial charge in [-0.05, 0) is 50.8 Å². The summed E-state index contributed by atoms with van der Waals surface area (Å²) in [5.41, 5.74) is 1.45. The Balaban J connectivity index is 1.39. The molecule has 3 heteroatoms. The van der Waals surface area contributed by atoms with Gasteiger partial charge < -0.3 is 14.9 Å². The summed E-state index contributed by atoms with van der Waals surface area (Å²) < 4.78 is 0. The molecule has 0 aromatic heterocycles. The highest BCUT2D eigenvalue weighted by atomic mass is 16.3. The van der Waals surface area contributed by atoms with Crippen molar-refractivity contribution in [1.82, 2.24) is 9.80 Å². The van der Waals surface area contributed by atoms with E-state index in [1.807, 2.05) is 0 Å². The molecule has 0 aliphatic carbocycles. The lowest BCUT2D eigenvalue weighted by Gasteiger charge is -2.41. The Morgan fingerprint density at radius 1 is 0.905 bits per heavy atom. The molecule has 2 saturated heterocycles. The highest BCUT2D eigenvalue weighted by molar-refractivity contribution is 5.14. The van der Waals surface area contributed by atoms with E-state index in [0.717, 1.165) is 32.0 Å². The topological polar surface area (TPSA) is 26.7 Å². The maximum atomic E-state index is 9.61. The lowest BCUT2D eigenvalue weighted by atomic mass is 9.98. The molecule has 116 valence electrons. The summed E-state index contributed by atoms with van der Waals surface area (Å²) in [5, 5.41) is 9.61. The molecule has 1 aromatic rings. The minimum Gasteiger partial charge on any atom is -0.393 e. The molecule has 0 atom stereocenters. The second kappa shape index (κ2) is 7.39. The van der Waals surface area contributed by atoms with Crippen molar-refractivity contribution >= 4 is 0 Å². The number of likely N-dealkylation sites (tertiary alicyclic amines) is 2. The predicted octanol–water partition coefficient (Wildman–Crippen LogP) is 2.15. The fourth-order valence-corrected chi connectivity index (χ4v) is 3.69. The van der Waals surface area contributed by atoms with Crippen molar-refractivity contribution < 1.29 is 5.11 Å². The number of hydrogen-bond acceptors (Lipinski definition) is 3. The van der Waals surface area contributed by atoms with Crippen LogP contribution < -0.4 is 0 Å². The Hall–Kier alpha value is -0.900. The molecule has 21 heavy (non-hydrogen) atoms. The van der Waals surface area contributed by atoms with Crippen LogP contribution >= 0.6 is 0 Å². The fourth-order valence-electron chi connectivity index (χ4n) is 3.69. The molecule has 0 spiro atoms. The second-order valence-corrected chi connectivity index (χ2v) is 6.58. The number of piperidine rings is 2. The molecule has 1 aromatic carbocycles. The van der Waals surface area contributed by atoms with Crippen LogP contribution in [0, 0.1) is 0 Å². The van der Waals surface area contributed by atoms with E-state index in [4.69, 9.17) is 0 Å². The molecule has 2 aliphatic rings. The Morgan fingerprint density at radius 3 is 2.24 bits per heavy atom. The standard InChI is InChI=1S/C18H28N2O/c21-18-9-14-20(15-10-18)17-7-12-19(13-8-17)11-6-16-4-2-1-3-5-16/h1-5,17-18,21H,6-15H2. The van der Waals surface area contributed by atoms with E-state index in [9.17, 15) is 5.11 Å². The highest BCUT2D eigenvalue weighted by Crippen LogP contribution is 2.21. The van der Waals surface area contributed by atoms with Crippen molar-refractivity contribution in [2.24, 2.45) is 0 Å². The van der Waals surface area contributed by atoms with Gasteiger partial charge >= 0.3 is 0 Å². The van der Waals surface area contributed by atoms with Crippen molar-refractivity contribution in [2.75, 3.05) is 32.7 Å². The molecule has 3 nitrogen and oxygen atoms in total. The summed E-state index contributed by atoms with van der Waals surface area (Å²) in [6, 6.07) is 11.6. The number of benzene rings is 1. The van der Waals surface area contributed by atoms with E-state index < -0.39 is 0 Å². The van der Waals surface area contributed by atoms with E-state index in [1.165, 1.54) is 44.5 Å². The van der Waals surface area contributed by atoms with Crippen LogP contribution in [0.25, 0.3) is 0 Å². The first-order valence-corrected chi connectivity index (χ1v) is 8.49. The fraction of sp³-hybridized carbons (Fsp3) is 0.667. The third-order valence-corrected chi connectivity index (χ3v) is 5.13. The van der Waals surface area contributed by atoms with E-state index in [0.29, 0.717) is 0 Å². The van der Waals surface area contributed by atoms with Gasteiger partial charge in [-0.3, -0.25) is 0 Å². The summed E-state index contributed by atoms with van der Waals surface area (Å²) in [6.07, 6.45) is 5.65. The zero-order valence-electron chi connectivity index (χ0n) is 13.0. The van der Waals surface area contributed by atoms with Crippen molar-refractivity contribution in [2.45, 2.75) is 44.2 Å². The Kier molecular flexibility index (Phi) is 5.28. The van der Waals surface area contributed by atoms with Crippen molar-refractivity contribution in [3.8, 4) is 0 Å². The summed E-state index contributed by atoms with van der Waals surface area (Å²) in [6.45, 7) is 5.84. The molecule has 2 aliphatic heterocycles. The third kappa shape index (κ3) is 4.29. The van der Waals surface area contributed by atoms with Crippen LogP contribution in [0.5, 0.6) is 0 Å². The van der Waals surface area contributed by atoms with Gasteiger partial charge in [0.2, 0.25) is 0 Å². The van der Waals surface area contributed by atoms with Crippen LogP contribution in [0.1, 0.15) is 31.2 Å². The number of hydrogen-bond donors (Lipinski definition) is 1. The van der Waals surface area contributed by atoms with Gasteiger partial charge in [-0.1, -0.05) is 30.3 Å². The normalized spacial score (nSPS) is 23.5. The largest absolute Gasteiger partial charge is 0.393 e. The molecule has 0 saturated carbocycles. The molecular formula is C18H28N2O. The Morgan fingerprint density at radius 2 is 1.57 bits per heavy atom. The van der Waals surface area contributed by atoms with E-state index in [2.05, 4.69) is 40.1 Å². The second-order valence-electron chi connectivity index (χ2n) is 6.58. The first-order chi connectivity index (χ1) is 10.3. The summed E-state index contributed by atoms with van der Waals surface area (Å²) in [5.74, 6) is 0. The van der Waals surface area contributed by atoms with Crippen LogP contribution in [0.15, 0.2) is 30.3 Å². The zero-order chi connectivity index (χ0) is 14.5.